The van der Waals surface area contributed by atoms with Gasteiger partial charge in [-0.2, -0.15) is 10.1 Å². The maximum absolute atomic E-state index is 6.56. The van der Waals surface area contributed by atoms with Crippen LogP contribution in [0.5, 0.6) is 0 Å². The zero-order valence-corrected chi connectivity index (χ0v) is 28.7. The van der Waals surface area contributed by atoms with Crippen LogP contribution in [0.15, 0.2) is 0 Å². The molecule has 0 aliphatic carbocycles. The highest BCUT2D eigenvalue weighted by atomic mass is 16.7. The Morgan fingerprint density at radius 2 is 1.00 bits per heavy atom. The second-order valence-corrected chi connectivity index (χ2v) is 15.1. The molecular weight excluding hydrogens is 500 g/mol. The van der Waals surface area contributed by atoms with E-state index >= 15 is 0 Å². The maximum Gasteiger partial charge on any atom is 0.0704 e. The molecule has 0 amide bonds. The van der Waals surface area contributed by atoms with Crippen LogP contribution >= 0.6 is 0 Å². The average Bonchev–Trinajstić information content (AvgIpc) is 2.84. The van der Waals surface area contributed by atoms with Crippen molar-refractivity contribution in [2.45, 2.75) is 182 Å². The molecule has 4 atom stereocenters. The smallest absolute Gasteiger partial charge is 0.0704 e. The predicted octanol–water partition coefficient (Wildman–Crippen LogP) is 8.58. The summed E-state index contributed by atoms with van der Waals surface area (Å²) in [6.45, 7) is 30.3. The van der Waals surface area contributed by atoms with E-state index in [2.05, 4.69) is 93.2 Å². The summed E-state index contributed by atoms with van der Waals surface area (Å²) in [5.74, 6) is 0.927. The third kappa shape index (κ3) is 9.13. The highest BCUT2D eigenvalue weighted by Crippen LogP contribution is 2.45. The molecule has 2 aliphatic rings. The van der Waals surface area contributed by atoms with Crippen molar-refractivity contribution in [1.29, 1.82) is 0 Å². The van der Waals surface area contributed by atoms with Crippen molar-refractivity contribution >= 4 is 0 Å². The fourth-order valence-electron chi connectivity index (χ4n) is 7.31. The van der Waals surface area contributed by atoms with Crippen LogP contribution in [-0.2, 0) is 19.1 Å². The van der Waals surface area contributed by atoms with Gasteiger partial charge in [0.1, 0.15) is 0 Å². The molecule has 0 aromatic rings. The molecule has 2 aliphatic heterocycles. The van der Waals surface area contributed by atoms with Gasteiger partial charge in [-0.25, -0.2) is 0 Å². The molecule has 2 rings (SSSR count). The number of rotatable bonds is 17. The number of hydroxylamine groups is 4. The largest absolute Gasteiger partial charge is 0.376 e. The number of nitrogens with zero attached hydrogens (tertiary/aromatic N) is 2. The van der Waals surface area contributed by atoms with Crippen LogP contribution in [-0.4, -0.2) is 70.9 Å². The molecule has 4 unspecified atom stereocenters. The number of hydrogen-bond donors (Lipinski definition) is 0. The Labute approximate surface area is 249 Å². The monoisotopic (exact) mass is 569 g/mol. The summed E-state index contributed by atoms with van der Waals surface area (Å²) in [6.07, 6.45) is 12.0. The van der Waals surface area contributed by atoms with Crippen molar-refractivity contribution in [3.05, 3.63) is 0 Å². The average molecular weight is 569 g/mol. The normalized spacial score (nSPS) is 31.4. The van der Waals surface area contributed by atoms with E-state index in [1.54, 1.807) is 0 Å². The minimum atomic E-state index is -0.0831. The topological polar surface area (TPSA) is 43.4 Å². The van der Waals surface area contributed by atoms with Crippen LogP contribution in [0.2, 0.25) is 0 Å². The van der Waals surface area contributed by atoms with E-state index in [1.165, 1.54) is 32.1 Å². The van der Waals surface area contributed by atoms with Crippen molar-refractivity contribution < 1.29 is 19.1 Å². The van der Waals surface area contributed by atoms with Crippen molar-refractivity contribution in [3.63, 3.8) is 0 Å². The molecule has 0 bridgehead atoms. The number of piperidine rings is 2. The minimum absolute atomic E-state index is 0.0608. The van der Waals surface area contributed by atoms with Gasteiger partial charge in [0.25, 0.3) is 0 Å². The van der Waals surface area contributed by atoms with E-state index in [1.807, 2.05) is 0 Å². The number of hydrogen-bond acceptors (Lipinski definition) is 6. The third-order valence-electron chi connectivity index (χ3n) is 10.0. The molecule has 0 saturated carbocycles. The van der Waals surface area contributed by atoms with E-state index < -0.39 is 0 Å². The third-order valence-corrected chi connectivity index (χ3v) is 10.0. The molecule has 0 aromatic carbocycles. The Kier molecular flexibility index (Phi) is 13.9. The second-order valence-electron chi connectivity index (χ2n) is 15.1. The van der Waals surface area contributed by atoms with Gasteiger partial charge in [0.05, 0.1) is 38.6 Å². The van der Waals surface area contributed by atoms with E-state index in [-0.39, 0.29) is 34.4 Å². The Morgan fingerprint density at radius 1 is 0.575 bits per heavy atom. The predicted molar refractivity (Wildman–Crippen MR) is 167 cm³/mol. The highest BCUT2D eigenvalue weighted by molar-refractivity contribution is 5.02. The molecule has 2 fully saturated rings. The first kappa shape index (κ1) is 36.0. The van der Waals surface area contributed by atoms with Gasteiger partial charge in [0, 0.05) is 22.2 Å². The lowest BCUT2D eigenvalue weighted by atomic mass is 9.73. The van der Waals surface area contributed by atoms with E-state index in [0.717, 1.165) is 38.7 Å². The Balaban J connectivity index is 1.91. The fourth-order valence-corrected chi connectivity index (χ4v) is 7.31. The van der Waals surface area contributed by atoms with Gasteiger partial charge in [-0.05, 0) is 92.4 Å². The van der Waals surface area contributed by atoms with Gasteiger partial charge >= 0.3 is 0 Å². The maximum atomic E-state index is 6.56. The summed E-state index contributed by atoms with van der Waals surface area (Å²) >= 11 is 0. The van der Waals surface area contributed by atoms with Crippen LogP contribution < -0.4 is 0 Å². The molecule has 6 nitrogen and oxygen atoms in total. The van der Waals surface area contributed by atoms with Gasteiger partial charge in [-0.3, -0.25) is 9.68 Å². The van der Waals surface area contributed by atoms with E-state index in [4.69, 9.17) is 19.1 Å². The zero-order chi connectivity index (χ0) is 30.2. The van der Waals surface area contributed by atoms with Crippen molar-refractivity contribution in [2.24, 2.45) is 11.8 Å². The minimum Gasteiger partial charge on any atom is -0.376 e. The van der Waals surface area contributed by atoms with Crippen LogP contribution in [0, 0.1) is 11.8 Å². The van der Waals surface area contributed by atoms with Crippen LogP contribution in [0.1, 0.15) is 147 Å². The quantitative estimate of drug-likeness (QED) is 0.164. The fraction of sp³-hybridized carbons (Fsp3) is 1.00. The molecule has 2 saturated heterocycles. The SMILES string of the molecule is CCCCCCCCON1C(C)(C)CC(OCCOC2CC(C)(C)N(OCC)C(C)(C(C)C)C2)CC1(C)C(C)C. The van der Waals surface area contributed by atoms with Crippen LogP contribution in [0.25, 0.3) is 0 Å². The molecule has 40 heavy (non-hydrogen) atoms. The summed E-state index contributed by atoms with van der Waals surface area (Å²) in [5.41, 5.74) is -0.288. The summed E-state index contributed by atoms with van der Waals surface area (Å²) in [5, 5.41) is 4.60. The van der Waals surface area contributed by atoms with E-state index in [9.17, 15) is 0 Å². The van der Waals surface area contributed by atoms with Gasteiger partial charge in [-0.1, -0.05) is 66.7 Å². The Morgan fingerprint density at radius 3 is 1.43 bits per heavy atom. The summed E-state index contributed by atoms with van der Waals surface area (Å²) < 4.78 is 13.1. The molecule has 2 heterocycles. The summed E-state index contributed by atoms with van der Waals surface area (Å²) in [7, 11) is 0. The van der Waals surface area contributed by atoms with Crippen LogP contribution in [0.3, 0.4) is 0 Å². The van der Waals surface area contributed by atoms with Gasteiger partial charge in [-0.15, -0.1) is 0 Å². The highest BCUT2D eigenvalue weighted by Gasteiger charge is 2.52. The second kappa shape index (κ2) is 15.5. The lowest BCUT2D eigenvalue weighted by Crippen LogP contribution is -2.65. The summed E-state index contributed by atoms with van der Waals surface area (Å²) in [6, 6.07) is 0. The first-order valence-corrected chi connectivity index (χ1v) is 16.7. The summed E-state index contributed by atoms with van der Waals surface area (Å²) in [4.78, 5) is 12.7. The zero-order valence-electron chi connectivity index (χ0n) is 28.7. The Hall–Kier alpha value is -0.240. The van der Waals surface area contributed by atoms with Crippen molar-refractivity contribution in [1.82, 2.24) is 10.1 Å². The number of unbranched alkanes of at least 4 members (excludes halogenated alkanes) is 5. The lowest BCUT2D eigenvalue weighted by molar-refractivity contribution is -0.311. The molecule has 0 N–H and O–H groups in total. The van der Waals surface area contributed by atoms with Gasteiger partial charge in [0.2, 0.25) is 0 Å². The van der Waals surface area contributed by atoms with Crippen molar-refractivity contribution in [2.75, 3.05) is 26.4 Å². The van der Waals surface area contributed by atoms with Gasteiger partial charge < -0.3 is 9.47 Å². The first-order valence-electron chi connectivity index (χ1n) is 16.7. The molecule has 6 heteroatoms. The first-order chi connectivity index (χ1) is 18.6. The van der Waals surface area contributed by atoms with E-state index in [0.29, 0.717) is 31.7 Å². The molecule has 0 spiro atoms. The van der Waals surface area contributed by atoms with Crippen LogP contribution in [0.4, 0.5) is 0 Å². The van der Waals surface area contributed by atoms with Gasteiger partial charge in [0.15, 0.2) is 0 Å². The standard InChI is InChI=1S/C34H68N2O4/c1-13-15-16-17-18-19-20-40-36-32(9,10)24-30(26-34(36,12)28(5)6)38-22-21-37-29-23-31(7,8)35(39-14-2)33(11,25-29)27(3)4/h27-30H,13-26H2,1-12H3. The molecule has 0 radical (unpaired) electrons. The molecule has 238 valence electrons. The Bertz CT molecular complexity index is 727. The number of ether oxygens (including phenoxy) is 2. The lowest BCUT2D eigenvalue weighted by Gasteiger charge is -2.57. The molecule has 0 aromatic heterocycles. The molecular formula is C34H68N2O4. The van der Waals surface area contributed by atoms with Crippen molar-refractivity contribution in [3.8, 4) is 0 Å².